The van der Waals surface area contributed by atoms with Crippen molar-refractivity contribution in [3.63, 3.8) is 0 Å². The molecule has 1 aromatic heterocycles. The molecule has 0 aliphatic carbocycles. The second-order valence-corrected chi connectivity index (χ2v) is 8.65. The van der Waals surface area contributed by atoms with Gasteiger partial charge in [0.2, 0.25) is 0 Å². The fourth-order valence-corrected chi connectivity index (χ4v) is 4.16. The minimum Gasteiger partial charge on any atom is -0.492 e. The van der Waals surface area contributed by atoms with Crippen molar-refractivity contribution >= 4 is 7.92 Å². The molecule has 6 heteroatoms. The Kier molecular flexibility index (Phi) is 6.13. The highest BCUT2D eigenvalue weighted by molar-refractivity contribution is 7.56. The molecule has 128 valence electrons. The lowest BCUT2D eigenvalue weighted by Crippen LogP contribution is -2.36. The van der Waals surface area contributed by atoms with Crippen LogP contribution in [0.5, 0.6) is 5.75 Å². The summed E-state index contributed by atoms with van der Waals surface area (Å²) in [5, 5.41) is 9.16. The molecule has 0 unspecified atom stereocenters. The first-order chi connectivity index (χ1) is 11.7. The van der Waals surface area contributed by atoms with Crippen molar-refractivity contribution in [3.05, 3.63) is 42.2 Å². The number of benzene rings is 1. The van der Waals surface area contributed by atoms with Gasteiger partial charge in [0.1, 0.15) is 12.4 Å². The molecule has 1 saturated heterocycles. The van der Waals surface area contributed by atoms with E-state index < -0.39 is 0 Å². The molecule has 1 N–H and O–H groups in total. The zero-order valence-electron chi connectivity index (χ0n) is 14.1. The Hall–Kier alpha value is -1.55. The summed E-state index contributed by atoms with van der Waals surface area (Å²) in [5.41, 5.74) is 1.54. The number of nitrogens with zero attached hydrogens (tertiary/aromatic N) is 3. The fraction of sp³-hybridized carbons (Fsp3) is 0.444. The summed E-state index contributed by atoms with van der Waals surface area (Å²) in [6.45, 7) is 6.45. The van der Waals surface area contributed by atoms with Crippen molar-refractivity contribution in [2.75, 3.05) is 45.2 Å². The standard InChI is InChI=1S/C18H24N3O2P/c1-24-12-9-21(10-13-24)8-11-23-17-4-2-15(3-5-17)18-19-7-6-16(14-22)20-18/h2-7,22H,8-14H2,1H3. The number of aromatic nitrogens is 2. The zero-order valence-corrected chi connectivity index (χ0v) is 15.0. The average Bonchev–Trinajstić information content (AvgIpc) is 2.64. The van der Waals surface area contributed by atoms with E-state index in [0.29, 0.717) is 11.5 Å². The number of hydrogen-bond acceptors (Lipinski definition) is 5. The molecule has 2 aromatic rings. The van der Waals surface area contributed by atoms with Crippen LogP contribution in [0.4, 0.5) is 0 Å². The monoisotopic (exact) mass is 345 g/mol. The normalized spacial score (nSPS) is 16.2. The van der Waals surface area contributed by atoms with Gasteiger partial charge in [-0.25, -0.2) is 9.97 Å². The average molecular weight is 345 g/mol. The van der Waals surface area contributed by atoms with Crippen molar-refractivity contribution in [1.82, 2.24) is 14.9 Å². The van der Waals surface area contributed by atoms with E-state index >= 15 is 0 Å². The van der Waals surface area contributed by atoms with Gasteiger partial charge in [-0.05, 0) is 49.3 Å². The zero-order chi connectivity index (χ0) is 16.8. The Balaban J connectivity index is 1.51. The fourth-order valence-electron chi connectivity index (χ4n) is 2.69. The van der Waals surface area contributed by atoms with E-state index in [1.54, 1.807) is 12.3 Å². The van der Waals surface area contributed by atoms with Gasteiger partial charge in [-0.2, -0.15) is 0 Å². The van der Waals surface area contributed by atoms with E-state index in [4.69, 9.17) is 9.84 Å². The Bertz CT molecular complexity index is 643. The highest BCUT2D eigenvalue weighted by Gasteiger charge is 2.14. The minimum atomic E-state index is -0.0762. The van der Waals surface area contributed by atoms with Gasteiger partial charge in [-0.1, -0.05) is 0 Å². The maximum Gasteiger partial charge on any atom is 0.159 e. The molecule has 1 aliphatic rings. The quantitative estimate of drug-likeness (QED) is 0.815. The number of rotatable bonds is 6. The summed E-state index contributed by atoms with van der Waals surface area (Å²) >= 11 is 0. The summed E-state index contributed by atoms with van der Waals surface area (Å²) in [6.07, 6.45) is 4.38. The first-order valence-electron chi connectivity index (χ1n) is 8.31. The van der Waals surface area contributed by atoms with Gasteiger partial charge < -0.3 is 9.84 Å². The van der Waals surface area contributed by atoms with Crippen LogP contribution in [0.15, 0.2) is 36.5 Å². The molecule has 0 radical (unpaired) electrons. The summed E-state index contributed by atoms with van der Waals surface area (Å²) in [6, 6.07) is 9.52. The van der Waals surface area contributed by atoms with Crippen LogP contribution in [0.3, 0.4) is 0 Å². The van der Waals surface area contributed by atoms with Gasteiger partial charge >= 0.3 is 0 Å². The highest BCUT2D eigenvalue weighted by atomic mass is 31.1. The van der Waals surface area contributed by atoms with Gasteiger partial charge in [0, 0.05) is 31.4 Å². The summed E-state index contributed by atoms with van der Waals surface area (Å²) in [7, 11) is 0.283. The largest absolute Gasteiger partial charge is 0.492 e. The predicted molar refractivity (Wildman–Crippen MR) is 97.9 cm³/mol. The van der Waals surface area contributed by atoms with Gasteiger partial charge in [0.15, 0.2) is 5.82 Å². The minimum absolute atomic E-state index is 0.0762. The van der Waals surface area contributed by atoms with Crippen molar-refractivity contribution < 1.29 is 9.84 Å². The van der Waals surface area contributed by atoms with Crippen LogP contribution in [0.2, 0.25) is 0 Å². The third-order valence-corrected chi connectivity index (χ3v) is 6.19. The molecule has 0 spiro atoms. The Morgan fingerprint density at radius 3 is 2.62 bits per heavy atom. The van der Waals surface area contributed by atoms with E-state index in [0.717, 1.165) is 24.5 Å². The van der Waals surface area contributed by atoms with Crippen LogP contribution in [-0.2, 0) is 6.61 Å². The molecule has 0 atom stereocenters. The molecule has 1 fully saturated rings. The Morgan fingerprint density at radius 1 is 1.17 bits per heavy atom. The third kappa shape index (κ3) is 4.73. The molecule has 1 aromatic carbocycles. The number of hydrogen-bond donors (Lipinski definition) is 1. The second-order valence-electron chi connectivity index (χ2n) is 6.05. The van der Waals surface area contributed by atoms with Crippen LogP contribution in [0.1, 0.15) is 5.69 Å². The van der Waals surface area contributed by atoms with Crippen LogP contribution in [-0.4, -0.2) is 65.2 Å². The van der Waals surface area contributed by atoms with Gasteiger partial charge in [0.05, 0.1) is 12.3 Å². The Morgan fingerprint density at radius 2 is 1.92 bits per heavy atom. The summed E-state index contributed by atoms with van der Waals surface area (Å²) in [4.78, 5) is 11.1. The maximum absolute atomic E-state index is 9.16. The topological polar surface area (TPSA) is 58.5 Å². The van der Waals surface area contributed by atoms with E-state index in [1.807, 2.05) is 24.3 Å². The predicted octanol–water partition coefficient (Wildman–Crippen LogP) is 2.44. The summed E-state index contributed by atoms with van der Waals surface area (Å²) < 4.78 is 5.85. The van der Waals surface area contributed by atoms with Crippen LogP contribution in [0, 0.1) is 0 Å². The van der Waals surface area contributed by atoms with Crippen molar-refractivity contribution in [3.8, 4) is 17.1 Å². The molecule has 3 rings (SSSR count). The highest BCUT2D eigenvalue weighted by Crippen LogP contribution is 2.32. The summed E-state index contributed by atoms with van der Waals surface area (Å²) in [5.74, 6) is 1.49. The van der Waals surface area contributed by atoms with E-state index in [2.05, 4.69) is 21.5 Å². The van der Waals surface area contributed by atoms with Crippen LogP contribution < -0.4 is 4.74 Å². The van der Waals surface area contributed by atoms with Crippen molar-refractivity contribution in [1.29, 1.82) is 0 Å². The molecule has 5 nitrogen and oxygen atoms in total. The molecule has 0 bridgehead atoms. The lowest BCUT2D eigenvalue weighted by molar-refractivity contribution is 0.221. The lowest BCUT2D eigenvalue weighted by Gasteiger charge is -2.30. The molecule has 1 aliphatic heterocycles. The molecule has 2 heterocycles. The van der Waals surface area contributed by atoms with Crippen LogP contribution >= 0.6 is 7.92 Å². The van der Waals surface area contributed by atoms with Crippen molar-refractivity contribution in [2.45, 2.75) is 6.61 Å². The van der Waals surface area contributed by atoms with Gasteiger partial charge in [-0.15, -0.1) is 7.92 Å². The van der Waals surface area contributed by atoms with Crippen LogP contribution in [0.25, 0.3) is 11.4 Å². The maximum atomic E-state index is 9.16. The SMILES string of the molecule is CP1CCN(CCOc2ccc(-c3nccc(CO)n3)cc2)CC1. The first-order valence-corrected chi connectivity index (χ1v) is 10.5. The van der Waals surface area contributed by atoms with E-state index in [-0.39, 0.29) is 14.5 Å². The van der Waals surface area contributed by atoms with E-state index in [9.17, 15) is 0 Å². The van der Waals surface area contributed by atoms with Crippen molar-refractivity contribution in [2.24, 2.45) is 0 Å². The van der Waals surface area contributed by atoms with E-state index in [1.165, 1.54) is 25.4 Å². The van der Waals surface area contributed by atoms with Gasteiger partial charge in [-0.3, -0.25) is 4.90 Å². The number of aliphatic hydroxyl groups excluding tert-OH is 1. The molecular weight excluding hydrogens is 321 g/mol. The second kappa shape index (κ2) is 8.52. The molecule has 24 heavy (non-hydrogen) atoms. The Labute approximate surface area is 144 Å². The molecular formula is C18H24N3O2P. The molecule has 0 amide bonds. The number of aliphatic hydroxyl groups is 1. The smallest absolute Gasteiger partial charge is 0.159 e. The number of ether oxygens (including phenoxy) is 1. The third-order valence-electron chi connectivity index (χ3n) is 4.26. The molecule has 0 saturated carbocycles. The first kappa shape index (κ1) is 17.3. The van der Waals surface area contributed by atoms with Gasteiger partial charge in [0.25, 0.3) is 0 Å². The lowest BCUT2D eigenvalue weighted by atomic mass is 10.2.